The molecule has 0 spiro atoms. The van der Waals surface area contributed by atoms with Gasteiger partial charge < -0.3 is 34.1 Å². The first-order valence-electron chi connectivity index (χ1n) is 11.1. The maximum Gasteiger partial charge on any atom is 0.179 e. The van der Waals surface area contributed by atoms with Gasteiger partial charge in [-0.15, -0.1) is 0 Å². The standard InChI is InChI=1S/C24H26FN3O6/c1-30-16-2-3-19-17(7-16)24(18(25)10-28-19)20(29)8-23-33-12-15(13-34-23)26-9-14-6-21-22(11-27-14)32-5-4-31-21/h2-3,6-7,10-11,15,20,23,26,29H,4-5,8-9,12-13H2,1H3. The lowest BCUT2D eigenvalue weighted by molar-refractivity contribution is -0.202. The summed E-state index contributed by atoms with van der Waals surface area (Å²) < 4.78 is 42.5. The maximum absolute atomic E-state index is 14.6. The Morgan fingerprint density at radius 1 is 1.12 bits per heavy atom. The zero-order valence-electron chi connectivity index (χ0n) is 18.7. The van der Waals surface area contributed by atoms with Crippen LogP contribution in [0.25, 0.3) is 10.9 Å². The molecule has 34 heavy (non-hydrogen) atoms. The van der Waals surface area contributed by atoms with E-state index >= 15 is 0 Å². The average Bonchev–Trinajstić information content (AvgIpc) is 2.87. The largest absolute Gasteiger partial charge is 0.497 e. The van der Waals surface area contributed by atoms with Gasteiger partial charge in [-0.3, -0.25) is 9.97 Å². The fourth-order valence-corrected chi connectivity index (χ4v) is 4.07. The molecule has 2 aliphatic heterocycles. The highest BCUT2D eigenvalue weighted by Crippen LogP contribution is 2.32. The molecule has 1 aromatic carbocycles. The molecule has 1 saturated heterocycles. The number of benzene rings is 1. The Morgan fingerprint density at radius 3 is 2.71 bits per heavy atom. The highest BCUT2D eigenvalue weighted by molar-refractivity contribution is 5.84. The summed E-state index contributed by atoms with van der Waals surface area (Å²) in [7, 11) is 1.53. The van der Waals surface area contributed by atoms with Crippen molar-refractivity contribution < 1.29 is 33.2 Å². The molecule has 2 N–H and O–H groups in total. The Bertz CT molecular complexity index is 1160. The van der Waals surface area contributed by atoms with Gasteiger partial charge in [0, 0.05) is 30.0 Å². The number of aliphatic hydroxyl groups excluding tert-OH is 1. The molecule has 10 heteroatoms. The van der Waals surface area contributed by atoms with E-state index in [1.165, 1.54) is 7.11 Å². The quantitative estimate of drug-likeness (QED) is 0.538. The minimum atomic E-state index is -1.13. The number of aromatic nitrogens is 2. The second-order valence-corrected chi connectivity index (χ2v) is 8.15. The number of nitrogens with one attached hydrogen (secondary N) is 1. The van der Waals surface area contributed by atoms with Crippen molar-refractivity contribution in [2.45, 2.75) is 31.4 Å². The van der Waals surface area contributed by atoms with Crippen molar-refractivity contribution in [3.63, 3.8) is 0 Å². The molecule has 2 aromatic heterocycles. The molecule has 9 nitrogen and oxygen atoms in total. The van der Waals surface area contributed by atoms with Gasteiger partial charge in [-0.2, -0.15) is 0 Å². The predicted octanol–water partition coefficient (Wildman–Crippen LogP) is 2.50. The molecule has 0 bridgehead atoms. The van der Waals surface area contributed by atoms with Crippen LogP contribution in [0.15, 0.2) is 36.7 Å². The number of pyridine rings is 2. The number of rotatable bonds is 7. The topological polar surface area (TPSA) is 104 Å². The van der Waals surface area contributed by atoms with Crippen molar-refractivity contribution >= 4 is 10.9 Å². The van der Waals surface area contributed by atoms with Gasteiger partial charge in [0.25, 0.3) is 0 Å². The monoisotopic (exact) mass is 471 g/mol. The molecule has 4 heterocycles. The minimum Gasteiger partial charge on any atom is -0.497 e. The number of ether oxygens (including phenoxy) is 5. The molecular weight excluding hydrogens is 445 g/mol. The van der Waals surface area contributed by atoms with Crippen molar-refractivity contribution in [1.82, 2.24) is 15.3 Å². The summed E-state index contributed by atoms with van der Waals surface area (Å²) in [6, 6.07) is 6.94. The van der Waals surface area contributed by atoms with Crippen LogP contribution in [0.1, 0.15) is 23.8 Å². The first-order chi connectivity index (χ1) is 16.6. The van der Waals surface area contributed by atoms with Crippen LogP contribution in [0, 0.1) is 5.82 Å². The number of methoxy groups -OCH3 is 1. The molecular formula is C24H26FN3O6. The van der Waals surface area contributed by atoms with Gasteiger partial charge in [-0.25, -0.2) is 4.39 Å². The van der Waals surface area contributed by atoms with E-state index in [-0.39, 0.29) is 18.0 Å². The van der Waals surface area contributed by atoms with Gasteiger partial charge in [-0.1, -0.05) is 0 Å². The number of aliphatic hydroxyl groups is 1. The Kier molecular flexibility index (Phi) is 6.73. The van der Waals surface area contributed by atoms with Gasteiger partial charge >= 0.3 is 0 Å². The SMILES string of the molecule is COc1ccc2ncc(F)c(C(O)CC3OCC(NCc4cc5c(cn4)OCCO5)CO3)c2c1. The lowest BCUT2D eigenvalue weighted by atomic mass is 10.0. The third kappa shape index (κ3) is 4.90. The van der Waals surface area contributed by atoms with E-state index in [0.717, 1.165) is 11.9 Å². The molecule has 3 aromatic rings. The van der Waals surface area contributed by atoms with Crippen LogP contribution in [0.4, 0.5) is 4.39 Å². The predicted molar refractivity (Wildman–Crippen MR) is 119 cm³/mol. The van der Waals surface area contributed by atoms with Crippen molar-refractivity contribution in [3.8, 4) is 17.2 Å². The smallest absolute Gasteiger partial charge is 0.179 e. The van der Waals surface area contributed by atoms with Gasteiger partial charge in [0.1, 0.15) is 24.8 Å². The summed E-state index contributed by atoms with van der Waals surface area (Å²) in [5.41, 5.74) is 1.54. The first kappa shape index (κ1) is 22.7. The summed E-state index contributed by atoms with van der Waals surface area (Å²) in [5.74, 6) is 1.31. The van der Waals surface area contributed by atoms with Crippen LogP contribution >= 0.6 is 0 Å². The van der Waals surface area contributed by atoms with E-state index in [9.17, 15) is 9.50 Å². The van der Waals surface area contributed by atoms with E-state index in [2.05, 4.69) is 15.3 Å². The van der Waals surface area contributed by atoms with E-state index in [0.29, 0.717) is 61.1 Å². The van der Waals surface area contributed by atoms with Crippen LogP contribution in [-0.2, 0) is 16.0 Å². The average molecular weight is 471 g/mol. The summed E-state index contributed by atoms with van der Waals surface area (Å²) in [4.78, 5) is 8.47. The van der Waals surface area contributed by atoms with Crippen LogP contribution < -0.4 is 19.5 Å². The van der Waals surface area contributed by atoms with Crippen molar-refractivity contribution in [1.29, 1.82) is 0 Å². The normalized spacial score (nSPS) is 20.8. The summed E-state index contributed by atoms with van der Waals surface area (Å²) >= 11 is 0. The van der Waals surface area contributed by atoms with Gasteiger partial charge in [0.2, 0.25) is 0 Å². The van der Waals surface area contributed by atoms with Crippen LogP contribution in [0.2, 0.25) is 0 Å². The number of nitrogens with zero attached hydrogens (tertiary/aromatic N) is 2. The Labute approximate surface area is 195 Å². The van der Waals surface area contributed by atoms with Gasteiger partial charge in [-0.05, 0) is 18.2 Å². The highest BCUT2D eigenvalue weighted by Gasteiger charge is 2.27. The third-order valence-electron chi connectivity index (χ3n) is 5.84. The number of hydrogen-bond acceptors (Lipinski definition) is 9. The molecule has 5 rings (SSSR count). The summed E-state index contributed by atoms with van der Waals surface area (Å²) in [5, 5.41) is 14.7. The van der Waals surface area contributed by atoms with Crippen LogP contribution in [0.3, 0.4) is 0 Å². The fraction of sp³-hybridized carbons (Fsp3) is 0.417. The molecule has 1 fully saturated rings. The lowest BCUT2D eigenvalue weighted by Gasteiger charge is -2.31. The maximum atomic E-state index is 14.6. The molecule has 2 aliphatic rings. The number of hydrogen-bond donors (Lipinski definition) is 2. The number of fused-ring (bicyclic) bond motifs is 2. The molecule has 180 valence electrons. The molecule has 1 unspecified atom stereocenters. The molecule has 1 atom stereocenters. The molecule has 0 saturated carbocycles. The summed E-state index contributed by atoms with van der Waals surface area (Å²) in [6.07, 6.45) is 1.07. The van der Waals surface area contributed by atoms with E-state index < -0.39 is 18.2 Å². The number of halogens is 1. The Hall–Kier alpha value is -3.05. The molecule has 0 radical (unpaired) electrons. The lowest BCUT2D eigenvalue weighted by Crippen LogP contribution is -2.44. The molecule has 0 amide bonds. The zero-order chi connectivity index (χ0) is 23.5. The van der Waals surface area contributed by atoms with Crippen LogP contribution in [-0.4, -0.2) is 60.9 Å². The van der Waals surface area contributed by atoms with E-state index in [4.69, 9.17) is 23.7 Å². The zero-order valence-corrected chi connectivity index (χ0v) is 18.7. The second kappa shape index (κ2) is 10.1. The van der Waals surface area contributed by atoms with E-state index in [1.807, 2.05) is 6.07 Å². The van der Waals surface area contributed by atoms with Crippen molar-refractivity contribution in [2.75, 3.05) is 33.5 Å². The van der Waals surface area contributed by atoms with E-state index in [1.54, 1.807) is 24.4 Å². The first-order valence-corrected chi connectivity index (χ1v) is 11.1. The second-order valence-electron chi connectivity index (χ2n) is 8.15. The summed E-state index contributed by atoms with van der Waals surface area (Å²) in [6.45, 7) is 2.33. The Morgan fingerprint density at radius 2 is 1.91 bits per heavy atom. The molecule has 0 aliphatic carbocycles. The van der Waals surface area contributed by atoms with Crippen molar-refractivity contribution in [3.05, 3.63) is 53.7 Å². The van der Waals surface area contributed by atoms with Crippen molar-refractivity contribution in [2.24, 2.45) is 0 Å². The third-order valence-corrected chi connectivity index (χ3v) is 5.84. The minimum absolute atomic E-state index is 0.0499. The van der Waals surface area contributed by atoms with Gasteiger partial charge in [0.15, 0.2) is 17.8 Å². The fourth-order valence-electron chi connectivity index (χ4n) is 4.07. The van der Waals surface area contributed by atoms with Gasteiger partial charge in [0.05, 0.1) is 56.1 Å². The highest BCUT2D eigenvalue weighted by atomic mass is 19.1. The van der Waals surface area contributed by atoms with Crippen LogP contribution in [0.5, 0.6) is 17.2 Å². The Balaban J connectivity index is 1.16.